The van der Waals surface area contributed by atoms with E-state index in [4.69, 9.17) is 5.11 Å². The third kappa shape index (κ3) is 2.88. The minimum absolute atomic E-state index is 0.276. The van der Waals surface area contributed by atoms with Crippen molar-refractivity contribution in [3.05, 3.63) is 35.4 Å². The van der Waals surface area contributed by atoms with Gasteiger partial charge in [-0.1, -0.05) is 12.1 Å². The Balaban J connectivity index is 3.09. The number of alkyl halides is 6. The summed E-state index contributed by atoms with van der Waals surface area (Å²) in [6, 6.07) is 2.51. The third-order valence-electron chi connectivity index (χ3n) is 1.84. The normalized spacial score (nSPS) is 14.9. The molecule has 0 bridgehead atoms. The largest absolute Gasteiger partial charge is 0.418 e. The van der Waals surface area contributed by atoms with Crippen LogP contribution in [0.3, 0.4) is 0 Å². The molecule has 0 unspecified atom stereocenters. The van der Waals surface area contributed by atoms with Crippen molar-refractivity contribution in [3.8, 4) is 0 Å². The van der Waals surface area contributed by atoms with Crippen LogP contribution < -0.4 is 0 Å². The second-order valence-electron chi connectivity index (χ2n) is 3.07. The average Bonchev–Trinajstić information content (AvgIpc) is 2.14. The fraction of sp³-hybridized carbons (Fsp3) is 0.333. The Morgan fingerprint density at radius 2 is 1.56 bits per heavy atom. The molecule has 90 valence electrons. The van der Waals surface area contributed by atoms with Gasteiger partial charge in [0.05, 0.1) is 5.56 Å². The molecule has 16 heavy (non-hydrogen) atoms. The van der Waals surface area contributed by atoms with E-state index in [1.54, 1.807) is 0 Å². The van der Waals surface area contributed by atoms with Crippen molar-refractivity contribution in [2.75, 3.05) is 0 Å². The topological polar surface area (TPSA) is 20.2 Å². The molecular weight excluding hydrogens is 238 g/mol. The molecule has 1 aromatic carbocycles. The number of rotatable bonds is 1. The van der Waals surface area contributed by atoms with Crippen molar-refractivity contribution < 1.29 is 31.4 Å². The van der Waals surface area contributed by atoms with Gasteiger partial charge >= 0.3 is 12.4 Å². The molecule has 0 aliphatic heterocycles. The number of hydrogen-bond donors (Lipinski definition) is 1. The summed E-state index contributed by atoms with van der Waals surface area (Å²) in [5, 5.41) is 8.75. The molecule has 0 saturated carbocycles. The highest BCUT2D eigenvalue weighted by Crippen LogP contribution is 2.35. The first-order valence-corrected chi connectivity index (χ1v) is 4.04. The van der Waals surface area contributed by atoms with Crippen LogP contribution >= 0.6 is 0 Å². The van der Waals surface area contributed by atoms with Crippen molar-refractivity contribution in [1.29, 1.82) is 0 Å². The second-order valence-corrected chi connectivity index (χ2v) is 3.07. The molecular formula is C9H6F6O. The molecule has 0 aliphatic carbocycles. The lowest BCUT2D eigenvalue weighted by Gasteiger charge is -2.16. The molecule has 1 nitrogen and oxygen atoms in total. The van der Waals surface area contributed by atoms with Gasteiger partial charge in [0.25, 0.3) is 0 Å². The van der Waals surface area contributed by atoms with Crippen LogP contribution in [0.25, 0.3) is 0 Å². The summed E-state index contributed by atoms with van der Waals surface area (Å²) >= 11 is 0. The molecule has 0 aromatic heterocycles. The number of halogens is 6. The maximum absolute atomic E-state index is 12.2. The van der Waals surface area contributed by atoms with Gasteiger partial charge in [0.1, 0.15) is 0 Å². The number of aliphatic hydroxyl groups is 1. The van der Waals surface area contributed by atoms with Crippen LogP contribution in [0.5, 0.6) is 0 Å². The molecule has 1 atom stereocenters. The molecule has 1 N–H and O–H groups in total. The van der Waals surface area contributed by atoms with Crippen LogP contribution in [0.4, 0.5) is 26.3 Å². The van der Waals surface area contributed by atoms with Gasteiger partial charge in [-0.3, -0.25) is 0 Å². The predicted octanol–water partition coefficient (Wildman–Crippen LogP) is 3.30. The smallest absolute Gasteiger partial charge is 0.379 e. The van der Waals surface area contributed by atoms with E-state index >= 15 is 0 Å². The van der Waals surface area contributed by atoms with Crippen molar-refractivity contribution in [1.82, 2.24) is 0 Å². The van der Waals surface area contributed by atoms with E-state index in [9.17, 15) is 26.3 Å². The van der Waals surface area contributed by atoms with E-state index in [0.29, 0.717) is 6.07 Å². The first kappa shape index (κ1) is 12.8. The lowest BCUT2D eigenvalue weighted by atomic mass is 10.1. The Labute approximate surface area is 86.3 Å². The summed E-state index contributed by atoms with van der Waals surface area (Å²) in [5.41, 5.74) is -2.06. The summed E-state index contributed by atoms with van der Waals surface area (Å²) in [7, 11) is 0. The van der Waals surface area contributed by atoms with Crippen molar-refractivity contribution in [2.45, 2.75) is 18.5 Å². The van der Waals surface area contributed by atoms with Crippen LogP contribution in [0.15, 0.2) is 24.3 Å². The quantitative estimate of drug-likeness (QED) is 0.751. The lowest BCUT2D eigenvalue weighted by Crippen LogP contribution is -2.20. The van der Waals surface area contributed by atoms with Crippen LogP contribution in [-0.2, 0) is 6.18 Å². The van der Waals surface area contributed by atoms with Gasteiger partial charge in [-0.25, -0.2) is 0 Å². The molecule has 1 rings (SSSR count). The maximum atomic E-state index is 12.2. The fourth-order valence-corrected chi connectivity index (χ4v) is 1.07. The van der Waals surface area contributed by atoms with Gasteiger partial charge in [0, 0.05) is 0 Å². The molecule has 7 heteroatoms. The lowest BCUT2D eigenvalue weighted by molar-refractivity contribution is -0.207. The highest BCUT2D eigenvalue weighted by Gasteiger charge is 2.40. The van der Waals surface area contributed by atoms with Crippen molar-refractivity contribution in [2.24, 2.45) is 0 Å². The van der Waals surface area contributed by atoms with Gasteiger partial charge in [0.2, 0.25) is 0 Å². The zero-order chi connectivity index (χ0) is 12.6. The summed E-state index contributed by atoms with van der Waals surface area (Å²) in [6.45, 7) is 0. The van der Waals surface area contributed by atoms with Crippen LogP contribution in [0.1, 0.15) is 17.2 Å². The van der Waals surface area contributed by atoms with E-state index in [2.05, 4.69) is 0 Å². The highest BCUT2D eigenvalue weighted by atomic mass is 19.4. The van der Waals surface area contributed by atoms with Crippen molar-refractivity contribution in [3.63, 3.8) is 0 Å². The van der Waals surface area contributed by atoms with Crippen LogP contribution in [0, 0.1) is 0 Å². The Morgan fingerprint density at radius 3 is 2.00 bits per heavy atom. The van der Waals surface area contributed by atoms with Gasteiger partial charge in [-0.15, -0.1) is 0 Å². The Hall–Kier alpha value is -1.24. The first-order chi connectivity index (χ1) is 7.12. The van der Waals surface area contributed by atoms with E-state index in [1.807, 2.05) is 0 Å². The second kappa shape index (κ2) is 3.97. The summed E-state index contributed by atoms with van der Waals surface area (Å²) in [6.07, 6.45) is -12.6. The monoisotopic (exact) mass is 244 g/mol. The molecule has 0 spiro atoms. The summed E-state index contributed by atoms with van der Waals surface area (Å²) < 4.78 is 72.6. The molecule has 0 heterocycles. The van der Waals surface area contributed by atoms with E-state index < -0.39 is 29.6 Å². The highest BCUT2D eigenvalue weighted by molar-refractivity contribution is 5.27. The molecule has 1 aromatic rings. The molecule has 0 radical (unpaired) electrons. The summed E-state index contributed by atoms with van der Waals surface area (Å²) in [4.78, 5) is 0. The maximum Gasteiger partial charge on any atom is 0.418 e. The molecule has 0 fully saturated rings. The average molecular weight is 244 g/mol. The molecule has 0 amide bonds. The predicted molar refractivity (Wildman–Crippen MR) is 42.5 cm³/mol. The minimum Gasteiger partial charge on any atom is -0.379 e. The Kier molecular flexibility index (Phi) is 3.18. The zero-order valence-electron chi connectivity index (χ0n) is 7.60. The van der Waals surface area contributed by atoms with E-state index in [-0.39, 0.29) is 6.07 Å². The minimum atomic E-state index is -4.98. The van der Waals surface area contributed by atoms with Crippen molar-refractivity contribution >= 4 is 0 Å². The molecule has 0 saturated heterocycles. The summed E-state index contributed by atoms with van der Waals surface area (Å²) in [5.74, 6) is 0. The Morgan fingerprint density at radius 1 is 1.00 bits per heavy atom. The first-order valence-electron chi connectivity index (χ1n) is 4.04. The number of benzene rings is 1. The van der Waals surface area contributed by atoms with Gasteiger partial charge in [0.15, 0.2) is 6.10 Å². The van der Waals surface area contributed by atoms with Gasteiger partial charge in [-0.2, -0.15) is 26.3 Å². The van der Waals surface area contributed by atoms with E-state index in [1.165, 1.54) is 0 Å². The van der Waals surface area contributed by atoms with Crippen LogP contribution in [-0.4, -0.2) is 11.3 Å². The fourth-order valence-electron chi connectivity index (χ4n) is 1.07. The Bertz CT molecular complexity index is 367. The standard InChI is InChI=1S/C9H6F6O/c10-8(11,12)6-3-1-2-5(4-6)7(16)9(13,14)15/h1-4,7,16H/t7-/m1/s1. The van der Waals surface area contributed by atoms with E-state index in [0.717, 1.165) is 12.1 Å². The molecule has 0 aliphatic rings. The number of hydrogen-bond acceptors (Lipinski definition) is 1. The van der Waals surface area contributed by atoms with Gasteiger partial charge in [-0.05, 0) is 17.7 Å². The SMILES string of the molecule is O[C@H](c1cccc(C(F)(F)F)c1)C(F)(F)F. The zero-order valence-corrected chi connectivity index (χ0v) is 7.60. The van der Waals surface area contributed by atoms with Gasteiger partial charge < -0.3 is 5.11 Å². The van der Waals surface area contributed by atoms with Crippen LogP contribution in [0.2, 0.25) is 0 Å². The third-order valence-corrected chi connectivity index (χ3v) is 1.84. The number of aliphatic hydroxyl groups excluding tert-OH is 1.